The molecule has 15 N–H and O–H groups in total. The number of phosphoric ester groups is 1. The molecule has 26 heteroatoms. The van der Waals surface area contributed by atoms with Gasteiger partial charge in [-0.05, 0) is 0 Å². The van der Waals surface area contributed by atoms with Gasteiger partial charge in [-0.15, -0.1) is 0 Å². The molecule has 0 radical (unpaired) electrons. The molecule has 0 spiro atoms. The number of amides is 1. The highest BCUT2D eigenvalue weighted by Gasteiger charge is 2.55. The Morgan fingerprint density at radius 2 is 1.06 bits per heavy atom. The largest absolute Gasteiger partial charge is 0.474 e. The molecule has 0 aromatic rings. The number of rotatable bonds is 13. The highest BCUT2D eigenvalue weighted by molar-refractivity contribution is 7.47. The summed E-state index contributed by atoms with van der Waals surface area (Å²) in [4.78, 5) is 22.1. The quantitative estimate of drug-likeness (QED) is 0.0770. The van der Waals surface area contributed by atoms with Crippen LogP contribution in [0.2, 0.25) is 0 Å². The normalized spacial score (nSPS) is 48.5. The maximum Gasteiger partial charge on any atom is 0.474 e. The Hall–Kier alpha value is -1.18. The molecule has 0 aromatic carbocycles. The Morgan fingerprint density at radius 3 is 1.62 bits per heavy atom. The van der Waals surface area contributed by atoms with E-state index in [0.29, 0.717) is 0 Å². The molecule has 4 aliphatic heterocycles. The fourth-order valence-corrected chi connectivity index (χ4v) is 6.74. The number of aliphatic hydroxyl groups excluding tert-OH is 13. The molecule has 25 nitrogen and oxygen atoms in total. The summed E-state index contributed by atoms with van der Waals surface area (Å²) in [5.41, 5.74) is 0. The predicted octanol–water partition coefficient (Wildman–Crippen LogP) is -9.49. The van der Waals surface area contributed by atoms with Gasteiger partial charge in [0.15, 0.2) is 25.2 Å². The van der Waals surface area contributed by atoms with E-state index in [1.807, 2.05) is 0 Å². The molecule has 0 saturated carbocycles. The predicted molar refractivity (Wildman–Crippen MR) is 156 cm³/mol. The third kappa shape index (κ3) is 9.60. The number of hydrogen-bond donors (Lipinski definition) is 15. The molecule has 21 atom stereocenters. The minimum atomic E-state index is -5.33. The highest BCUT2D eigenvalue weighted by Crippen LogP contribution is 2.47. The summed E-state index contributed by atoms with van der Waals surface area (Å²) in [5.74, 6) is -0.734. The number of aliphatic hydroxyl groups is 13. The summed E-state index contributed by atoms with van der Waals surface area (Å²) in [6.45, 7) is -2.75. The summed E-state index contributed by atoms with van der Waals surface area (Å²) < 4.78 is 54.7. The zero-order valence-electron chi connectivity index (χ0n) is 27.2. The highest BCUT2D eigenvalue weighted by atomic mass is 31.2. The van der Waals surface area contributed by atoms with Crippen LogP contribution in [0, 0.1) is 0 Å². The lowest BCUT2D eigenvalue weighted by Crippen LogP contribution is -2.68. The first-order valence-corrected chi connectivity index (χ1v) is 17.3. The van der Waals surface area contributed by atoms with Crippen LogP contribution in [-0.2, 0) is 46.8 Å². The van der Waals surface area contributed by atoms with Crippen molar-refractivity contribution in [1.82, 2.24) is 5.32 Å². The van der Waals surface area contributed by atoms with Gasteiger partial charge in [0.05, 0.1) is 26.4 Å². The summed E-state index contributed by atoms with van der Waals surface area (Å²) in [7, 11) is -5.33. The number of ether oxygens (including phenoxy) is 6. The van der Waals surface area contributed by atoms with E-state index in [1.165, 1.54) is 0 Å². The van der Waals surface area contributed by atoms with Crippen LogP contribution in [0.3, 0.4) is 0 Å². The Balaban J connectivity index is 1.51. The molecule has 4 aliphatic rings. The monoisotopic (exact) mass is 787 g/mol. The smallest absolute Gasteiger partial charge is 0.394 e. The van der Waals surface area contributed by atoms with E-state index in [4.69, 9.17) is 37.5 Å². The third-order valence-corrected chi connectivity index (χ3v) is 9.76. The maximum atomic E-state index is 12.7. The second-order valence-electron chi connectivity index (χ2n) is 12.5. The van der Waals surface area contributed by atoms with Gasteiger partial charge in [-0.1, -0.05) is 0 Å². The SMILES string of the molecule is CC(=O)N[C@@H]1[C@@H](O[C@@H]2O[C@H](CO)[C@@H](O)[C@H](O)[C@H]2O[C@H]2O[C@H](COP(=O)(O)O[C@H]3O[C@H](CO)[C@@H](O)[C@H](O)[C@H]3O)[C@@H](O)[C@H](O)[C@H]2O)[C@H](O)[C@@H](CO)O[C@H]1O. The van der Waals surface area contributed by atoms with Crippen molar-refractivity contribution in [3.8, 4) is 0 Å². The van der Waals surface area contributed by atoms with Crippen molar-refractivity contribution in [2.45, 2.75) is 130 Å². The van der Waals surface area contributed by atoms with Gasteiger partial charge in [0.1, 0.15) is 97.6 Å². The van der Waals surface area contributed by atoms with E-state index in [2.05, 4.69) is 5.32 Å². The molecule has 4 heterocycles. The first kappa shape index (κ1) is 43.5. The van der Waals surface area contributed by atoms with Gasteiger partial charge in [-0.3, -0.25) is 13.8 Å². The van der Waals surface area contributed by atoms with E-state index in [9.17, 15) is 80.6 Å². The van der Waals surface area contributed by atoms with Gasteiger partial charge >= 0.3 is 7.82 Å². The van der Waals surface area contributed by atoms with Crippen LogP contribution in [0.25, 0.3) is 0 Å². The van der Waals surface area contributed by atoms with Crippen LogP contribution in [0.5, 0.6) is 0 Å². The first-order valence-electron chi connectivity index (χ1n) is 15.8. The second kappa shape index (κ2) is 18.2. The van der Waals surface area contributed by atoms with Crippen molar-refractivity contribution in [2.75, 3.05) is 26.4 Å². The van der Waals surface area contributed by atoms with Gasteiger partial charge in [-0.2, -0.15) is 0 Å². The minimum Gasteiger partial charge on any atom is -0.394 e. The average molecular weight is 788 g/mol. The summed E-state index contributed by atoms with van der Waals surface area (Å²) in [5, 5.41) is 136. The average Bonchev–Trinajstić information content (AvgIpc) is 3.10. The lowest BCUT2D eigenvalue weighted by Gasteiger charge is -2.48. The van der Waals surface area contributed by atoms with E-state index in [-0.39, 0.29) is 0 Å². The lowest BCUT2D eigenvalue weighted by atomic mass is 9.95. The molecule has 0 bridgehead atoms. The Bertz CT molecular complexity index is 1200. The van der Waals surface area contributed by atoms with Crippen molar-refractivity contribution >= 4 is 13.7 Å². The van der Waals surface area contributed by atoms with Gasteiger partial charge in [0, 0.05) is 6.92 Å². The van der Waals surface area contributed by atoms with E-state index >= 15 is 0 Å². The molecule has 4 fully saturated rings. The summed E-state index contributed by atoms with van der Waals surface area (Å²) in [6, 6.07) is -1.55. The third-order valence-electron chi connectivity index (χ3n) is 8.81. The number of phosphoric acid groups is 1. The van der Waals surface area contributed by atoms with Crippen molar-refractivity contribution in [3.63, 3.8) is 0 Å². The van der Waals surface area contributed by atoms with Crippen LogP contribution in [0.15, 0.2) is 0 Å². The number of hydrogen-bond acceptors (Lipinski definition) is 23. The van der Waals surface area contributed by atoms with Crippen LogP contribution in [0.1, 0.15) is 6.92 Å². The molecule has 0 aliphatic carbocycles. The molecule has 52 heavy (non-hydrogen) atoms. The van der Waals surface area contributed by atoms with Crippen LogP contribution >= 0.6 is 7.82 Å². The molecule has 1 unspecified atom stereocenters. The van der Waals surface area contributed by atoms with Crippen molar-refractivity contribution in [1.29, 1.82) is 0 Å². The van der Waals surface area contributed by atoms with Crippen molar-refractivity contribution in [2.24, 2.45) is 0 Å². The minimum absolute atomic E-state index is 0.734. The van der Waals surface area contributed by atoms with Gasteiger partial charge in [0.25, 0.3) is 0 Å². The lowest BCUT2D eigenvalue weighted by molar-refractivity contribution is -0.381. The van der Waals surface area contributed by atoms with Gasteiger partial charge < -0.3 is 105 Å². The number of nitrogens with one attached hydrogen (secondary N) is 1. The maximum absolute atomic E-state index is 12.7. The molecule has 1 amide bonds. The summed E-state index contributed by atoms with van der Waals surface area (Å²) in [6.07, 6.45) is -36.4. The topological polar surface area (TPSA) is 403 Å². The molecule has 0 aromatic heterocycles. The summed E-state index contributed by atoms with van der Waals surface area (Å²) >= 11 is 0. The molecule has 4 saturated heterocycles. The second-order valence-corrected chi connectivity index (χ2v) is 13.9. The van der Waals surface area contributed by atoms with E-state index in [0.717, 1.165) is 6.92 Å². The Kier molecular flexibility index (Phi) is 15.2. The number of carbonyl (C=O) groups excluding carboxylic acids is 1. The van der Waals surface area contributed by atoms with Gasteiger partial charge in [0.2, 0.25) is 5.91 Å². The van der Waals surface area contributed by atoms with Crippen LogP contribution in [-0.4, -0.2) is 226 Å². The van der Waals surface area contributed by atoms with Crippen molar-refractivity contribution in [3.05, 3.63) is 0 Å². The van der Waals surface area contributed by atoms with E-state index < -0.39 is 163 Å². The van der Waals surface area contributed by atoms with Crippen molar-refractivity contribution < 1.29 is 118 Å². The van der Waals surface area contributed by atoms with Gasteiger partial charge in [-0.25, -0.2) is 4.57 Å². The first-order chi connectivity index (χ1) is 24.3. The van der Waals surface area contributed by atoms with Crippen LogP contribution in [0.4, 0.5) is 0 Å². The van der Waals surface area contributed by atoms with E-state index in [1.54, 1.807) is 0 Å². The Labute approximate surface area is 293 Å². The molecule has 304 valence electrons. The molecular formula is C26H46NO24P. The molecule has 4 rings (SSSR count). The number of carbonyl (C=O) groups is 1. The zero-order valence-corrected chi connectivity index (χ0v) is 28.1. The standard InChI is InChI=1S/C26H46NO24P/c1-6(31)27-11-21(15(35)9(4-30)45-23(11)41)49-26-22(18(38)13(33)8(3-29)47-26)50-24-19(39)17(37)14(34)10(48-24)5-44-52(42,43)51-25-20(40)16(36)12(32)7(2-28)46-25/h7-26,28-30,32-41H,2-5H2,1H3,(H,27,31)(H,42,43)/t7-,8-,9-,10-,11-,12-,13-,14-,15-,16+,17+,18+,19-,20-,21-,22-,23-,24-,25-,26+/m1/s1. The zero-order chi connectivity index (χ0) is 38.8. The Morgan fingerprint density at radius 1 is 0.596 bits per heavy atom. The fourth-order valence-electron chi connectivity index (χ4n) is 5.91. The molecular weight excluding hydrogens is 741 g/mol. The van der Waals surface area contributed by atoms with Crippen LogP contribution < -0.4 is 5.32 Å². The fraction of sp³-hybridized carbons (Fsp3) is 0.962.